The van der Waals surface area contributed by atoms with Gasteiger partial charge in [0.2, 0.25) is 5.91 Å². The lowest BCUT2D eigenvalue weighted by atomic mass is 10.1. The van der Waals surface area contributed by atoms with Crippen molar-refractivity contribution in [2.45, 2.75) is 6.04 Å². The molecule has 1 aliphatic heterocycles. The second-order valence-electron chi connectivity index (χ2n) is 4.40. The molecule has 1 atom stereocenters. The van der Waals surface area contributed by atoms with E-state index in [9.17, 15) is 9.18 Å². The third kappa shape index (κ3) is 2.28. The van der Waals surface area contributed by atoms with Crippen LogP contribution in [0.1, 0.15) is 11.6 Å². The van der Waals surface area contributed by atoms with Crippen molar-refractivity contribution in [1.29, 1.82) is 0 Å². The number of amides is 1. The molecule has 1 amide bonds. The first kappa shape index (κ1) is 13.1. The van der Waals surface area contributed by atoms with Crippen LogP contribution in [0.5, 0.6) is 11.5 Å². The van der Waals surface area contributed by atoms with Gasteiger partial charge in [0.25, 0.3) is 0 Å². The molecule has 0 aliphatic carbocycles. The van der Waals surface area contributed by atoms with E-state index in [1.165, 1.54) is 12.1 Å². The molecule has 0 saturated carbocycles. The molecular formula is C14H10BrFN2O2. The van der Waals surface area contributed by atoms with Gasteiger partial charge in [-0.3, -0.25) is 4.79 Å². The Labute approximate surface area is 122 Å². The fourth-order valence-corrected chi connectivity index (χ4v) is 2.46. The number of fused-ring (bicyclic) bond motifs is 1. The first-order chi connectivity index (χ1) is 9.54. The van der Waals surface area contributed by atoms with Gasteiger partial charge < -0.3 is 15.8 Å². The molecule has 0 radical (unpaired) electrons. The Hall–Kier alpha value is -1.92. The second kappa shape index (κ2) is 4.88. The van der Waals surface area contributed by atoms with Crippen LogP contribution in [-0.2, 0) is 4.79 Å². The van der Waals surface area contributed by atoms with Gasteiger partial charge in [-0.25, -0.2) is 4.39 Å². The van der Waals surface area contributed by atoms with Gasteiger partial charge in [0.05, 0.1) is 4.47 Å². The lowest BCUT2D eigenvalue weighted by molar-refractivity contribution is -0.116. The molecule has 1 heterocycles. The Morgan fingerprint density at radius 2 is 2.10 bits per heavy atom. The van der Waals surface area contributed by atoms with Gasteiger partial charge in [-0.2, -0.15) is 0 Å². The highest BCUT2D eigenvalue weighted by atomic mass is 79.9. The van der Waals surface area contributed by atoms with Gasteiger partial charge in [0.15, 0.2) is 0 Å². The summed E-state index contributed by atoms with van der Waals surface area (Å²) in [5.41, 5.74) is 7.07. The van der Waals surface area contributed by atoms with Crippen LogP contribution in [0.25, 0.3) is 0 Å². The summed E-state index contributed by atoms with van der Waals surface area (Å²) in [6.07, 6.45) is 0. The molecule has 3 N–H and O–H groups in total. The average molecular weight is 337 g/mol. The minimum Gasteiger partial charge on any atom is -0.456 e. The molecule has 0 saturated heterocycles. The summed E-state index contributed by atoms with van der Waals surface area (Å²) >= 11 is 3.36. The Balaban J connectivity index is 1.96. The molecule has 0 spiro atoms. The number of carbonyl (C=O) groups excluding carboxylic acids is 1. The number of ether oxygens (including phenoxy) is 1. The van der Waals surface area contributed by atoms with Gasteiger partial charge in [-0.05, 0) is 34.1 Å². The number of rotatable bonds is 2. The van der Waals surface area contributed by atoms with Crippen LogP contribution in [0, 0.1) is 5.82 Å². The van der Waals surface area contributed by atoms with E-state index >= 15 is 0 Å². The predicted octanol–water partition coefficient (Wildman–Crippen LogP) is 3.33. The van der Waals surface area contributed by atoms with Crippen LogP contribution in [0.3, 0.4) is 0 Å². The molecule has 0 aromatic heterocycles. The monoisotopic (exact) mass is 336 g/mol. The summed E-state index contributed by atoms with van der Waals surface area (Å²) in [6.45, 7) is 0. The van der Waals surface area contributed by atoms with Gasteiger partial charge in [-0.1, -0.05) is 6.07 Å². The summed E-state index contributed by atoms with van der Waals surface area (Å²) in [5.74, 6) is 0.216. The van der Waals surface area contributed by atoms with E-state index in [0.717, 1.165) is 0 Å². The third-order valence-corrected chi connectivity index (χ3v) is 3.62. The molecule has 6 heteroatoms. The summed E-state index contributed by atoms with van der Waals surface area (Å²) < 4.78 is 19.4. The topological polar surface area (TPSA) is 64.4 Å². The van der Waals surface area contributed by atoms with E-state index in [-0.39, 0.29) is 11.7 Å². The van der Waals surface area contributed by atoms with Gasteiger partial charge >= 0.3 is 0 Å². The standard InChI is InChI=1S/C14H10BrFN2O2/c15-10-5-9-11(18-14(19)13(9)17)6-12(10)20-8-3-1-2-7(16)4-8/h1-6,13H,17H2,(H,18,19). The van der Waals surface area contributed by atoms with E-state index in [2.05, 4.69) is 21.2 Å². The van der Waals surface area contributed by atoms with Gasteiger partial charge in [0.1, 0.15) is 23.4 Å². The molecule has 1 unspecified atom stereocenters. The van der Waals surface area contributed by atoms with E-state index in [4.69, 9.17) is 10.5 Å². The second-order valence-corrected chi connectivity index (χ2v) is 5.25. The first-order valence-electron chi connectivity index (χ1n) is 5.88. The molecule has 2 aromatic rings. The van der Waals surface area contributed by atoms with Gasteiger partial charge in [0, 0.05) is 23.4 Å². The maximum Gasteiger partial charge on any atom is 0.245 e. The number of halogens is 2. The molecule has 4 nitrogen and oxygen atoms in total. The lowest BCUT2D eigenvalue weighted by Crippen LogP contribution is -2.19. The van der Waals surface area contributed by atoms with Crippen molar-refractivity contribution < 1.29 is 13.9 Å². The molecular weight excluding hydrogens is 327 g/mol. The van der Waals surface area contributed by atoms with Crippen LogP contribution in [0.2, 0.25) is 0 Å². The van der Waals surface area contributed by atoms with Crippen molar-refractivity contribution in [2.75, 3.05) is 5.32 Å². The number of carbonyl (C=O) groups is 1. The number of hydrogen-bond acceptors (Lipinski definition) is 3. The highest BCUT2D eigenvalue weighted by Crippen LogP contribution is 2.39. The van der Waals surface area contributed by atoms with Crippen molar-refractivity contribution in [3.63, 3.8) is 0 Å². The summed E-state index contributed by atoms with van der Waals surface area (Å²) in [5, 5.41) is 2.67. The van der Waals surface area contributed by atoms with Crippen LogP contribution in [-0.4, -0.2) is 5.91 Å². The zero-order valence-electron chi connectivity index (χ0n) is 10.2. The van der Waals surface area contributed by atoms with Crippen molar-refractivity contribution in [2.24, 2.45) is 5.73 Å². The molecule has 0 fully saturated rings. The van der Waals surface area contributed by atoms with E-state index in [1.54, 1.807) is 24.3 Å². The van der Waals surface area contributed by atoms with Crippen LogP contribution in [0.15, 0.2) is 40.9 Å². The van der Waals surface area contributed by atoms with E-state index < -0.39 is 6.04 Å². The molecule has 1 aliphatic rings. The minimum absolute atomic E-state index is 0.255. The fourth-order valence-electron chi connectivity index (χ4n) is 2.02. The first-order valence-corrected chi connectivity index (χ1v) is 6.67. The number of anilines is 1. The summed E-state index contributed by atoms with van der Waals surface area (Å²) in [6, 6.07) is 8.54. The Morgan fingerprint density at radius 3 is 2.85 bits per heavy atom. The Kier molecular flexibility index (Phi) is 3.19. The number of hydrogen-bond donors (Lipinski definition) is 2. The van der Waals surface area contributed by atoms with E-state index in [0.29, 0.717) is 27.2 Å². The molecule has 3 rings (SSSR count). The van der Waals surface area contributed by atoms with Gasteiger partial charge in [-0.15, -0.1) is 0 Å². The predicted molar refractivity (Wildman–Crippen MR) is 76.2 cm³/mol. The Morgan fingerprint density at radius 1 is 1.30 bits per heavy atom. The van der Waals surface area contributed by atoms with Crippen molar-refractivity contribution in [3.8, 4) is 11.5 Å². The maximum absolute atomic E-state index is 13.1. The number of benzene rings is 2. The minimum atomic E-state index is -0.676. The van der Waals surface area contributed by atoms with Crippen LogP contribution < -0.4 is 15.8 Å². The Bertz CT molecular complexity index is 706. The summed E-state index contributed by atoms with van der Waals surface area (Å²) in [4.78, 5) is 11.5. The zero-order valence-corrected chi connectivity index (χ0v) is 11.8. The average Bonchev–Trinajstić information content (AvgIpc) is 2.66. The summed E-state index contributed by atoms with van der Waals surface area (Å²) in [7, 11) is 0. The van der Waals surface area contributed by atoms with E-state index in [1.807, 2.05) is 0 Å². The molecule has 20 heavy (non-hydrogen) atoms. The smallest absolute Gasteiger partial charge is 0.245 e. The molecule has 0 bridgehead atoms. The normalized spacial score (nSPS) is 16.8. The zero-order chi connectivity index (χ0) is 14.3. The van der Waals surface area contributed by atoms with Crippen LogP contribution >= 0.6 is 15.9 Å². The largest absolute Gasteiger partial charge is 0.456 e. The van der Waals surface area contributed by atoms with Crippen molar-refractivity contribution in [1.82, 2.24) is 0 Å². The molecule has 102 valence electrons. The van der Waals surface area contributed by atoms with Crippen molar-refractivity contribution >= 4 is 27.5 Å². The van der Waals surface area contributed by atoms with Crippen LogP contribution in [0.4, 0.5) is 10.1 Å². The fraction of sp³-hybridized carbons (Fsp3) is 0.0714. The highest BCUT2D eigenvalue weighted by Gasteiger charge is 2.28. The lowest BCUT2D eigenvalue weighted by Gasteiger charge is -2.10. The maximum atomic E-state index is 13.1. The highest BCUT2D eigenvalue weighted by molar-refractivity contribution is 9.10. The number of nitrogens with two attached hydrogens (primary N) is 1. The number of nitrogens with one attached hydrogen (secondary N) is 1. The molecule has 2 aromatic carbocycles. The van der Waals surface area contributed by atoms with Crippen molar-refractivity contribution in [3.05, 3.63) is 52.3 Å². The third-order valence-electron chi connectivity index (χ3n) is 3.00. The quantitative estimate of drug-likeness (QED) is 0.884. The SMILES string of the molecule is NC1C(=O)Nc2cc(Oc3cccc(F)c3)c(Br)cc21.